The van der Waals surface area contributed by atoms with E-state index in [1.165, 1.54) is 24.3 Å². The average Bonchev–Trinajstić information content (AvgIpc) is 3.28. The minimum Gasteiger partial charge on any atom is -0.466 e. The first-order valence-electron chi connectivity index (χ1n) is 21.8. The van der Waals surface area contributed by atoms with Gasteiger partial charge in [0.2, 0.25) is 5.91 Å². The molecule has 26 nitrogen and oxygen atoms in total. The summed E-state index contributed by atoms with van der Waals surface area (Å²) in [4.78, 5) is 128. The summed E-state index contributed by atoms with van der Waals surface area (Å²) in [6.07, 6.45) is 7.71. The molecule has 0 bridgehead atoms. The number of carbonyl (C=O) groups excluding carboxylic acids is 7. The maximum absolute atomic E-state index is 13.1. The van der Waals surface area contributed by atoms with Gasteiger partial charge < -0.3 is 48.3 Å². The second kappa shape index (κ2) is 37.3. The lowest BCUT2D eigenvalue weighted by Gasteiger charge is -2.18. The van der Waals surface area contributed by atoms with E-state index < -0.39 is 58.3 Å². The lowest BCUT2D eigenvalue weighted by atomic mass is 10.1. The smallest absolute Gasteiger partial charge is 0.349 e. The zero-order chi connectivity index (χ0) is 49.5. The molecular formula is C41H60N4O22. The molecule has 0 aliphatic heterocycles. The molecule has 376 valence electrons. The molecule has 0 fully saturated rings. The van der Waals surface area contributed by atoms with Crippen molar-refractivity contribution in [3.8, 4) is 5.75 Å². The molecule has 1 aromatic rings. The quantitative estimate of drug-likeness (QED) is 0.0242. The van der Waals surface area contributed by atoms with Gasteiger partial charge in [-0.05, 0) is 101 Å². The van der Waals surface area contributed by atoms with Gasteiger partial charge in [0, 0.05) is 32.1 Å². The third-order valence-electron chi connectivity index (χ3n) is 8.94. The molecule has 0 aromatic heterocycles. The van der Waals surface area contributed by atoms with Crippen molar-refractivity contribution >= 4 is 41.7 Å². The van der Waals surface area contributed by atoms with Gasteiger partial charge in [-0.25, -0.2) is 14.4 Å². The summed E-state index contributed by atoms with van der Waals surface area (Å²) in [6, 6.07) is 4.71. The van der Waals surface area contributed by atoms with Crippen molar-refractivity contribution in [1.82, 2.24) is 5.32 Å². The standard InChI is InChI=1S/C41H60N4O22/c46-35(15-5-1-12-27-64-43(53)54)42-34(29-32-19-21-33(22-20-32)67-40(51)30-63-39(50)31-66-45(57)58)41(52)62-26-11-4-8-18-37(48)60-24-9-2-6-16-36(47)59-23-10-3-7-17-38(49)61-25-13-14-28-65-44(55)56/h19-22,34H,1-18,23-31H2,(H,42,46). The fourth-order valence-electron chi connectivity index (χ4n) is 5.58. The number of nitrogens with one attached hydrogen (secondary N) is 1. The zero-order valence-electron chi connectivity index (χ0n) is 37.3. The lowest BCUT2D eigenvalue weighted by Crippen LogP contribution is -2.43. The van der Waals surface area contributed by atoms with Crippen LogP contribution in [0.15, 0.2) is 24.3 Å². The van der Waals surface area contributed by atoms with Crippen LogP contribution in [0.3, 0.4) is 0 Å². The van der Waals surface area contributed by atoms with E-state index in [-0.39, 0.29) is 95.4 Å². The van der Waals surface area contributed by atoms with Crippen LogP contribution < -0.4 is 10.1 Å². The third-order valence-corrected chi connectivity index (χ3v) is 8.94. The fourth-order valence-corrected chi connectivity index (χ4v) is 5.58. The number of unbranched alkanes of at least 4 members (excludes halogenated alkanes) is 9. The van der Waals surface area contributed by atoms with Gasteiger partial charge in [0.05, 0.1) is 39.6 Å². The Bertz CT molecular complexity index is 1690. The molecule has 1 aromatic carbocycles. The molecule has 0 saturated heterocycles. The molecule has 26 heteroatoms. The highest BCUT2D eigenvalue weighted by Gasteiger charge is 2.23. The SMILES string of the molecule is O=C(CCCCCO[N+](=O)[O-])NC(Cc1ccc(OC(=O)COC(=O)CO[N+](=O)[O-])cc1)C(=O)OCCCCCC(=O)OCCCCCC(=O)OCCCCCC(=O)OCCCCO[N+](=O)[O-]. The predicted octanol–water partition coefficient (Wildman–Crippen LogP) is 3.98. The summed E-state index contributed by atoms with van der Waals surface area (Å²) >= 11 is 0. The van der Waals surface area contributed by atoms with Crippen molar-refractivity contribution in [3.63, 3.8) is 0 Å². The number of hydrogen-bond donors (Lipinski definition) is 1. The van der Waals surface area contributed by atoms with E-state index in [2.05, 4.69) is 24.6 Å². The van der Waals surface area contributed by atoms with E-state index >= 15 is 0 Å². The predicted molar refractivity (Wildman–Crippen MR) is 224 cm³/mol. The van der Waals surface area contributed by atoms with Crippen LogP contribution in [-0.2, 0) is 78.2 Å². The van der Waals surface area contributed by atoms with Crippen molar-refractivity contribution in [3.05, 3.63) is 60.2 Å². The molecule has 1 rings (SSSR count). The van der Waals surface area contributed by atoms with E-state index in [0.717, 1.165) is 0 Å². The molecule has 0 heterocycles. The molecule has 1 unspecified atom stereocenters. The topological polar surface area (TPSA) is 344 Å². The Labute approximate surface area is 385 Å². The van der Waals surface area contributed by atoms with Crippen LogP contribution in [0.25, 0.3) is 0 Å². The molecule has 67 heavy (non-hydrogen) atoms. The van der Waals surface area contributed by atoms with Gasteiger partial charge in [0.25, 0.3) is 15.3 Å². The molecule has 0 spiro atoms. The normalized spacial score (nSPS) is 10.9. The average molecular weight is 961 g/mol. The monoisotopic (exact) mass is 960 g/mol. The van der Waals surface area contributed by atoms with E-state index in [9.17, 15) is 63.9 Å². The van der Waals surface area contributed by atoms with Crippen LogP contribution in [0, 0.1) is 30.3 Å². The first-order valence-corrected chi connectivity index (χ1v) is 21.8. The van der Waals surface area contributed by atoms with E-state index in [1.54, 1.807) is 0 Å². The van der Waals surface area contributed by atoms with E-state index in [4.69, 9.17) is 23.7 Å². The number of esters is 6. The van der Waals surface area contributed by atoms with Gasteiger partial charge in [-0.2, -0.15) is 0 Å². The summed E-state index contributed by atoms with van der Waals surface area (Å²) in [5.74, 6) is -4.36. The molecule has 1 N–H and O–H groups in total. The number of rotatable bonds is 41. The van der Waals surface area contributed by atoms with Crippen LogP contribution in [0.5, 0.6) is 5.75 Å². The maximum Gasteiger partial charge on any atom is 0.349 e. The van der Waals surface area contributed by atoms with Gasteiger partial charge in [-0.1, -0.05) is 18.6 Å². The summed E-state index contributed by atoms with van der Waals surface area (Å²) in [5.41, 5.74) is 0.540. The molecule has 1 atom stereocenters. The molecule has 0 aliphatic rings. The molecule has 1 amide bonds. The Morgan fingerprint density at radius 2 is 0.866 bits per heavy atom. The van der Waals surface area contributed by atoms with E-state index in [1.807, 2.05) is 0 Å². The fraction of sp³-hybridized carbons (Fsp3) is 0.683. The van der Waals surface area contributed by atoms with Crippen LogP contribution >= 0.6 is 0 Å². The van der Waals surface area contributed by atoms with Gasteiger partial charge in [0.1, 0.15) is 11.8 Å². The highest BCUT2D eigenvalue weighted by Crippen LogP contribution is 2.15. The second-order valence-electron chi connectivity index (χ2n) is 14.5. The Kier molecular flexibility index (Phi) is 32.4. The van der Waals surface area contributed by atoms with Crippen LogP contribution in [-0.4, -0.2) is 116 Å². The van der Waals surface area contributed by atoms with Crippen molar-refractivity contribution in [2.24, 2.45) is 0 Å². The summed E-state index contributed by atoms with van der Waals surface area (Å²) < 4.78 is 30.5. The molecule has 0 saturated carbocycles. The van der Waals surface area contributed by atoms with Crippen molar-refractivity contribution in [1.29, 1.82) is 0 Å². The Morgan fingerprint density at radius 3 is 1.34 bits per heavy atom. The number of ether oxygens (including phenoxy) is 6. The largest absolute Gasteiger partial charge is 0.466 e. The highest BCUT2D eigenvalue weighted by molar-refractivity contribution is 5.84. The summed E-state index contributed by atoms with van der Waals surface area (Å²) in [5, 5.41) is 30.2. The zero-order valence-corrected chi connectivity index (χ0v) is 37.3. The molecule has 0 radical (unpaired) electrons. The van der Waals surface area contributed by atoms with Gasteiger partial charge in [-0.3, -0.25) is 19.2 Å². The van der Waals surface area contributed by atoms with Crippen molar-refractivity contribution < 1.29 is 91.8 Å². The van der Waals surface area contributed by atoms with Crippen LogP contribution in [0.1, 0.15) is 121 Å². The minimum atomic E-state index is -1.20. The number of benzene rings is 1. The van der Waals surface area contributed by atoms with Gasteiger partial charge >= 0.3 is 35.8 Å². The number of hydrogen-bond acceptors (Lipinski definition) is 22. The second-order valence-corrected chi connectivity index (χ2v) is 14.5. The first-order chi connectivity index (χ1) is 32.1. The number of carbonyl (C=O) groups is 7. The summed E-state index contributed by atoms with van der Waals surface area (Å²) in [7, 11) is 0. The number of nitrogens with zero attached hydrogens (tertiary/aromatic N) is 3. The molecule has 0 aliphatic carbocycles. The first kappa shape index (κ1) is 58.1. The Hall–Kier alpha value is -6.89. The Morgan fingerprint density at radius 1 is 0.448 bits per heavy atom. The maximum atomic E-state index is 13.1. The number of amides is 1. The summed E-state index contributed by atoms with van der Waals surface area (Å²) in [6.45, 7) is -1.41. The lowest BCUT2D eigenvalue weighted by molar-refractivity contribution is -0.757. The van der Waals surface area contributed by atoms with Gasteiger partial charge in [-0.15, -0.1) is 30.3 Å². The third kappa shape index (κ3) is 35.1. The van der Waals surface area contributed by atoms with Crippen LogP contribution in [0.2, 0.25) is 0 Å². The van der Waals surface area contributed by atoms with Crippen molar-refractivity contribution in [2.45, 2.75) is 128 Å². The van der Waals surface area contributed by atoms with Crippen molar-refractivity contribution in [2.75, 3.05) is 52.9 Å². The molecular weight excluding hydrogens is 900 g/mol. The Balaban J connectivity index is 2.32. The van der Waals surface area contributed by atoms with Gasteiger partial charge in [0.15, 0.2) is 13.2 Å². The minimum absolute atomic E-state index is 0.00335. The van der Waals surface area contributed by atoms with E-state index in [0.29, 0.717) is 95.5 Å². The van der Waals surface area contributed by atoms with Crippen LogP contribution in [0.4, 0.5) is 0 Å². The highest BCUT2D eigenvalue weighted by atomic mass is 17.0.